The summed E-state index contributed by atoms with van der Waals surface area (Å²) < 4.78 is 0. The first-order chi connectivity index (χ1) is 9.11. The molecule has 3 nitrogen and oxygen atoms in total. The lowest BCUT2D eigenvalue weighted by Gasteiger charge is -2.32. The predicted molar refractivity (Wildman–Crippen MR) is 79.6 cm³/mol. The van der Waals surface area contributed by atoms with Crippen molar-refractivity contribution in [2.45, 2.75) is 46.1 Å². The van der Waals surface area contributed by atoms with Crippen LogP contribution in [0.3, 0.4) is 0 Å². The molecular weight excluding hydrogens is 236 g/mol. The third-order valence-electron chi connectivity index (χ3n) is 4.07. The maximum absolute atomic E-state index is 12.3. The minimum Gasteiger partial charge on any atom is -0.385 e. The van der Waals surface area contributed by atoms with Gasteiger partial charge in [-0.2, -0.15) is 0 Å². The van der Waals surface area contributed by atoms with Crippen LogP contribution in [-0.2, 0) is 0 Å². The molecule has 1 amide bonds. The number of benzene rings is 1. The summed E-state index contributed by atoms with van der Waals surface area (Å²) in [4.78, 5) is 12.3. The van der Waals surface area contributed by atoms with Crippen LogP contribution < -0.4 is 10.6 Å². The topological polar surface area (TPSA) is 41.1 Å². The molecule has 1 aliphatic rings. The molecule has 1 unspecified atom stereocenters. The van der Waals surface area contributed by atoms with E-state index in [1.54, 1.807) is 0 Å². The molecule has 0 bridgehead atoms. The lowest BCUT2D eigenvalue weighted by molar-refractivity contribution is 0.0908. The van der Waals surface area contributed by atoms with Gasteiger partial charge in [0.2, 0.25) is 0 Å². The van der Waals surface area contributed by atoms with Crippen LogP contribution in [0.25, 0.3) is 0 Å². The van der Waals surface area contributed by atoms with E-state index in [-0.39, 0.29) is 11.9 Å². The monoisotopic (exact) mass is 260 g/mol. The van der Waals surface area contributed by atoms with Crippen LogP contribution >= 0.6 is 0 Å². The van der Waals surface area contributed by atoms with Crippen molar-refractivity contribution >= 4 is 11.6 Å². The number of rotatable bonds is 5. The van der Waals surface area contributed by atoms with Crippen LogP contribution in [0.4, 0.5) is 5.69 Å². The van der Waals surface area contributed by atoms with Gasteiger partial charge in [-0.25, -0.2) is 0 Å². The number of amides is 1. The zero-order valence-electron chi connectivity index (χ0n) is 12.1. The molecule has 0 aromatic heterocycles. The molecule has 2 rings (SSSR count). The van der Waals surface area contributed by atoms with E-state index in [9.17, 15) is 4.79 Å². The maximum Gasteiger partial charge on any atom is 0.251 e. The second-order valence-corrected chi connectivity index (χ2v) is 5.51. The van der Waals surface area contributed by atoms with Gasteiger partial charge in [-0.15, -0.1) is 0 Å². The van der Waals surface area contributed by atoms with Gasteiger partial charge in [-0.3, -0.25) is 4.79 Å². The number of anilines is 1. The van der Waals surface area contributed by atoms with Crippen LogP contribution in [-0.4, -0.2) is 18.5 Å². The first-order valence-electron chi connectivity index (χ1n) is 7.27. The Kier molecular flexibility index (Phi) is 4.46. The molecule has 0 aliphatic heterocycles. The Labute approximate surface area is 115 Å². The summed E-state index contributed by atoms with van der Waals surface area (Å²) in [6.07, 6.45) is 3.81. The van der Waals surface area contributed by atoms with Gasteiger partial charge in [0, 0.05) is 23.8 Å². The second-order valence-electron chi connectivity index (χ2n) is 5.51. The third-order valence-corrected chi connectivity index (χ3v) is 4.07. The van der Waals surface area contributed by atoms with E-state index in [2.05, 4.69) is 24.5 Å². The molecule has 2 N–H and O–H groups in total. The van der Waals surface area contributed by atoms with Gasteiger partial charge in [0.15, 0.2) is 0 Å². The van der Waals surface area contributed by atoms with Gasteiger partial charge in [0.1, 0.15) is 0 Å². The van der Waals surface area contributed by atoms with Crippen molar-refractivity contribution in [3.63, 3.8) is 0 Å². The highest BCUT2D eigenvalue weighted by Gasteiger charge is 2.25. The summed E-state index contributed by atoms with van der Waals surface area (Å²) >= 11 is 0. The number of hydrogen-bond acceptors (Lipinski definition) is 2. The fourth-order valence-electron chi connectivity index (χ4n) is 2.57. The number of aryl methyl sites for hydroxylation is 1. The number of hydrogen-bond donors (Lipinski definition) is 2. The first-order valence-corrected chi connectivity index (χ1v) is 7.27. The zero-order chi connectivity index (χ0) is 13.8. The highest BCUT2D eigenvalue weighted by atomic mass is 16.1. The number of carbonyl (C=O) groups is 1. The standard InChI is InChI=1S/C16H24N2O/c1-4-17-14-8-9-15(11(2)10-14)16(19)18-12(3)13-6-5-7-13/h8-10,12-13,17H,4-7H2,1-3H3,(H,18,19). The molecule has 0 radical (unpaired) electrons. The van der Waals surface area contributed by atoms with Crippen molar-refractivity contribution in [2.24, 2.45) is 5.92 Å². The van der Waals surface area contributed by atoms with Crippen LogP contribution in [0.5, 0.6) is 0 Å². The predicted octanol–water partition coefficient (Wildman–Crippen LogP) is 3.35. The largest absolute Gasteiger partial charge is 0.385 e. The molecule has 0 saturated heterocycles. The summed E-state index contributed by atoms with van der Waals surface area (Å²) in [7, 11) is 0. The zero-order valence-corrected chi connectivity index (χ0v) is 12.1. The fraction of sp³-hybridized carbons (Fsp3) is 0.562. The lowest BCUT2D eigenvalue weighted by atomic mass is 9.80. The van der Waals surface area contributed by atoms with Gasteiger partial charge in [-0.1, -0.05) is 6.42 Å². The molecule has 104 valence electrons. The van der Waals surface area contributed by atoms with Crippen LogP contribution in [0.15, 0.2) is 18.2 Å². The smallest absolute Gasteiger partial charge is 0.251 e. The van der Waals surface area contributed by atoms with E-state index in [0.29, 0.717) is 5.92 Å². The molecule has 19 heavy (non-hydrogen) atoms. The minimum atomic E-state index is 0.0555. The molecule has 1 aliphatic carbocycles. The number of carbonyl (C=O) groups excluding carboxylic acids is 1. The molecule has 1 atom stereocenters. The van der Waals surface area contributed by atoms with Gasteiger partial charge < -0.3 is 10.6 Å². The van der Waals surface area contributed by atoms with Crippen LogP contribution in [0.1, 0.15) is 49.0 Å². The molecule has 1 aromatic rings. The van der Waals surface area contributed by atoms with Crippen molar-refractivity contribution in [1.29, 1.82) is 0 Å². The van der Waals surface area contributed by atoms with Gasteiger partial charge in [0.05, 0.1) is 0 Å². The SMILES string of the molecule is CCNc1ccc(C(=O)NC(C)C2CCC2)c(C)c1. The molecule has 1 fully saturated rings. The minimum absolute atomic E-state index is 0.0555. The summed E-state index contributed by atoms with van der Waals surface area (Å²) in [5, 5.41) is 6.39. The van der Waals surface area contributed by atoms with Gasteiger partial charge >= 0.3 is 0 Å². The van der Waals surface area contributed by atoms with Gasteiger partial charge in [-0.05, 0) is 63.3 Å². The van der Waals surface area contributed by atoms with Crippen molar-refractivity contribution in [3.8, 4) is 0 Å². The highest BCUT2D eigenvalue weighted by molar-refractivity contribution is 5.96. The van der Waals surface area contributed by atoms with Crippen LogP contribution in [0, 0.1) is 12.8 Å². The molecular formula is C16H24N2O. The van der Waals surface area contributed by atoms with Crippen molar-refractivity contribution in [2.75, 3.05) is 11.9 Å². The fourth-order valence-corrected chi connectivity index (χ4v) is 2.57. The van der Waals surface area contributed by atoms with E-state index >= 15 is 0 Å². The Morgan fingerprint density at radius 1 is 1.42 bits per heavy atom. The Morgan fingerprint density at radius 2 is 2.16 bits per heavy atom. The molecule has 1 aromatic carbocycles. The highest BCUT2D eigenvalue weighted by Crippen LogP contribution is 2.29. The maximum atomic E-state index is 12.3. The Balaban J connectivity index is 2.01. The third kappa shape index (κ3) is 3.28. The van der Waals surface area contributed by atoms with Crippen molar-refractivity contribution in [1.82, 2.24) is 5.32 Å². The average Bonchev–Trinajstić information content (AvgIpc) is 2.26. The van der Waals surface area contributed by atoms with Crippen molar-refractivity contribution < 1.29 is 4.79 Å². The van der Waals surface area contributed by atoms with E-state index in [1.165, 1.54) is 19.3 Å². The Bertz CT molecular complexity index is 452. The Hall–Kier alpha value is -1.51. The summed E-state index contributed by atoms with van der Waals surface area (Å²) in [6.45, 7) is 7.06. The van der Waals surface area contributed by atoms with Crippen LogP contribution in [0.2, 0.25) is 0 Å². The number of nitrogens with one attached hydrogen (secondary N) is 2. The first kappa shape index (κ1) is 13.9. The summed E-state index contributed by atoms with van der Waals surface area (Å²) in [6, 6.07) is 6.20. The summed E-state index contributed by atoms with van der Waals surface area (Å²) in [5.41, 5.74) is 2.88. The molecule has 0 spiro atoms. The quantitative estimate of drug-likeness (QED) is 0.852. The van der Waals surface area contributed by atoms with E-state index < -0.39 is 0 Å². The molecule has 1 saturated carbocycles. The lowest BCUT2D eigenvalue weighted by Crippen LogP contribution is -2.40. The molecule has 0 heterocycles. The average molecular weight is 260 g/mol. The normalized spacial score (nSPS) is 16.6. The van der Waals surface area contributed by atoms with E-state index in [1.807, 2.05) is 25.1 Å². The second kappa shape index (κ2) is 6.09. The Morgan fingerprint density at radius 3 is 2.68 bits per heavy atom. The molecule has 3 heteroatoms. The summed E-state index contributed by atoms with van der Waals surface area (Å²) in [5.74, 6) is 0.727. The van der Waals surface area contributed by atoms with Crippen molar-refractivity contribution in [3.05, 3.63) is 29.3 Å². The van der Waals surface area contributed by atoms with E-state index in [4.69, 9.17) is 0 Å². The van der Waals surface area contributed by atoms with E-state index in [0.717, 1.165) is 23.4 Å². The van der Waals surface area contributed by atoms with Gasteiger partial charge in [0.25, 0.3) is 5.91 Å².